The smallest absolute Gasteiger partial charge is 0.155 e. The Hall–Kier alpha value is -2.21. The fraction of sp³-hybridized carbons (Fsp3) is 0.308. The highest BCUT2D eigenvalue weighted by molar-refractivity contribution is 5.38. The Labute approximate surface area is 110 Å². The van der Waals surface area contributed by atoms with Crippen LogP contribution in [0.2, 0.25) is 0 Å². The van der Waals surface area contributed by atoms with Crippen molar-refractivity contribution in [3.8, 4) is 0 Å². The van der Waals surface area contributed by atoms with Crippen molar-refractivity contribution in [2.75, 3.05) is 0 Å². The third-order valence-corrected chi connectivity index (χ3v) is 2.79. The SMILES string of the molecule is Cc1cc(CNCc2cnc3cc(C)nn3c2)on1. The van der Waals surface area contributed by atoms with Gasteiger partial charge in [0.25, 0.3) is 0 Å². The van der Waals surface area contributed by atoms with E-state index < -0.39 is 0 Å². The molecule has 0 unspecified atom stereocenters. The number of fused-ring (bicyclic) bond motifs is 1. The summed E-state index contributed by atoms with van der Waals surface area (Å²) < 4.78 is 6.93. The Morgan fingerprint density at radius 2 is 2.11 bits per heavy atom. The van der Waals surface area contributed by atoms with Crippen molar-refractivity contribution >= 4 is 5.65 Å². The maximum atomic E-state index is 5.13. The summed E-state index contributed by atoms with van der Waals surface area (Å²) in [5.41, 5.74) is 3.81. The summed E-state index contributed by atoms with van der Waals surface area (Å²) in [6.07, 6.45) is 3.84. The third kappa shape index (κ3) is 2.63. The normalized spacial score (nSPS) is 11.3. The number of hydrogen-bond donors (Lipinski definition) is 1. The van der Waals surface area contributed by atoms with Gasteiger partial charge in [-0.05, 0) is 13.8 Å². The number of aryl methyl sites for hydroxylation is 2. The van der Waals surface area contributed by atoms with E-state index in [0.29, 0.717) is 13.1 Å². The largest absolute Gasteiger partial charge is 0.360 e. The molecule has 1 N–H and O–H groups in total. The van der Waals surface area contributed by atoms with Crippen LogP contribution in [-0.2, 0) is 13.1 Å². The molecule has 98 valence electrons. The third-order valence-electron chi connectivity index (χ3n) is 2.79. The molecular formula is C13H15N5O. The van der Waals surface area contributed by atoms with Crippen molar-refractivity contribution in [2.24, 2.45) is 0 Å². The molecule has 3 heterocycles. The minimum Gasteiger partial charge on any atom is -0.360 e. The average molecular weight is 257 g/mol. The second-order valence-electron chi connectivity index (χ2n) is 4.59. The molecule has 0 aliphatic carbocycles. The second-order valence-corrected chi connectivity index (χ2v) is 4.59. The van der Waals surface area contributed by atoms with Crippen molar-refractivity contribution < 1.29 is 4.52 Å². The summed E-state index contributed by atoms with van der Waals surface area (Å²) >= 11 is 0. The van der Waals surface area contributed by atoms with Crippen LogP contribution in [0.5, 0.6) is 0 Å². The van der Waals surface area contributed by atoms with Gasteiger partial charge in [-0.1, -0.05) is 5.16 Å². The van der Waals surface area contributed by atoms with Crippen molar-refractivity contribution in [3.63, 3.8) is 0 Å². The molecule has 0 fully saturated rings. The molecule has 0 aliphatic heterocycles. The molecule has 3 rings (SSSR count). The predicted molar refractivity (Wildman–Crippen MR) is 69.5 cm³/mol. The number of nitrogens with zero attached hydrogens (tertiary/aromatic N) is 4. The molecule has 6 nitrogen and oxygen atoms in total. The summed E-state index contributed by atoms with van der Waals surface area (Å²) in [6.45, 7) is 5.22. The molecule has 3 aromatic heterocycles. The summed E-state index contributed by atoms with van der Waals surface area (Å²) in [5.74, 6) is 0.835. The second kappa shape index (κ2) is 4.81. The number of rotatable bonds is 4. The lowest BCUT2D eigenvalue weighted by Gasteiger charge is -2.02. The molecular weight excluding hydrogens is 242 g/mol. The Bertz CT molecular complexity index is 700. The quantitative estimate of drug-likeness (QED) is 0.769. The summed E-state index contributed by atoms with van der Waals surface area (Å²) in [5, 5.41) is 11.5. The Morgan fingerprint density at radius 3 is 2.89 bits per heavy atom. The Morgan fingerprint density at radius 1 is 1.21 bits per heavy atom. The lowest BCUT2D eigenvalue weighted by Crippen LogP contribution is -2.13. The maximum Gasteiger partial charge on any atom is 0.155 e. The van der Waals surface area contributed by atoms with Crippen LogP contribution in [0.1, 0.15) is 22.7 Å². The van der Waals surface area contributed by atoms with E-state index in [1.807, 2.05) is 38.4 Å². The highest BCUT2D eigenvalue weighted by atomic mass is 16.5. The van der Waals surface area contributed by atoms with Crippen molar-refractivity contribution in [1.82, 2.24) is 25.1 Å². The van der Waals surface area contributed by atoms with Gasteiger partial charge in [0.05, 0.1) is 17.9 Å². The van der Waals surface area contributed by atoms with Crippen LogP contribution in [0, 0.1) is 13.8 Å². The van der Waals surface area contributed by atoms with Crippen LogP contribution < -0.4 is 5.32 Å². The predicted octanol–water partition coefficient (Wildman–Crippen LogP) is 1.62. The minimum atomic E-state index is 0.650. The molecule has 0 aliphatic rings. The lowest BCUT2D eigenvalue weighted by molar-refractivity contribution is 0.369. The molecule has 0 spiro atoms. The first-order chi connectivity index (χ1) is 9.20. The number of nitrogens with one attached hydrogen (secondary N) is 1. The van der Waals surface area contributed by atoms with Gasteiger partial charge in [-0.3, -0.25) is 0 Å². The average Bonchev–Trinajstić information content (AvgIpc) is 2.94. The molecule has 0 atom stereocenters. The van der Waals surface area contributed by atoms with Gasteiger partial charge >= 0.3 is 0 Å². The van der Waals surface area contributed by atoms with E-state index in [1.54, 1.807) is 4.52 Å². The van der Waals surface area contributed by atoms with Gasteiger partial charge in [-0.25, -0.2) is 9.50 Å². The number of aromatic nitrogens is 4. The van der Waals surface area contributed by atoms with Gasteiger partial charge in [-0.15, -0.1) is 0 Å². The highest BCUT2D eigenvalue weighted by Crippen LogP contribution is 2.05. The zero-order valence-corrected chi connectivity index (χ0v) is 10.9. The summed E-state index contributed by atoms with van der Waals surface area (Å²) in [7, 11) is 0. The Kier molecular flexibility index (Phi) is 3.00. The van der Waals surface area contributed by atoms with Crippen molar-refractivity contribution in [3.05, 3.63) is 47.2 Å². The standard InChI is InChI=1S/C13H15N5O/c1-9-4-13-15-6-11(8-18(13)16-9)5-14-7-12-3-10(2)17-19-12/h3-4,6,8,14H,5,7H2,1-2H3. The van der Waals surface area contributed by atoms with Gasteiger partial charge in [-0.2, -0.15) is 5.10 Å². The van der Waals surface area contributed by atoms with Crippen LogP contribution in [0.4, 0.5) is 0 Å². The summed E-state index contributed by atoms with van der Waals surface area (Å²) in [6, 6.07) is 3.87. The molecule has 0 aromatic carbocycles. The fourth-order valence-corrected chi connectivity index (χ4v) is 1.95. The molecule has 0 saturated carbocycles. The molecule has 0 bridgehead atoms. The molecule has 6 heteroatoms. The molecule has 0 amide bonds. The van der Waals surface area contributed by atoms with Gasteiger partial charge in [0.1, 0.15) is 0 Å². The van der Waals surface area contributed by atoms with Crippen LogP contribution in [0.3, 0.4) is 0 Å². The molecule has 19 heavy (non-hydrogen) atoms. The van der Waals surface area contributed by atoms with Crippen LogP contribution in [0.15, 0.2) is 29.0 Å². The van der Waals surface area contributed by atoms with Gasteiger partial charge < -0.3 is 9.84 Å². The van der Waals surface area contributed by atoms with Gasteiger partial charge in [0.15, 0.2) is 11.4 Å². The maximum absolute atomic E-state index is 5.13. The van der Waals surface area contributed by atoms with E-state index >= 15 is 0 Å². The van der Waals surface area contributed by atoms with Crippen LogP contribution in [-0.4, -0.2) is 19.8 Å². The van der Waals surface area contributed by atoms with Gasteiger partial charge in [0.2, 0.25) is 0 Å². The highest BCUT2D eigenvalue weighted by Gasteiger charge is 2.02. The zero-order chi connectivity index (χ0) is 13.2. The van der Waals surface area contributed by atoms with E-state index in [-0.39, 0.29) is 0 Å². The van der Waals surface area contributed by atoms with E-state index in [2.05, 4.69) is 20.6 Å². The first-order valence-corrected chi connectivity index (χ1v) is 6.14. The van der Waals surface area contributed by atoms with Crippen molar-refractivity contribution in [2.45, 2.75) is 26.9 Å². The lowest BCUT2D eigenvalue weighted by atomic mass is 10.3. The topological polar surface area (TPSA) is 68.2 Å². The fourth-order valence-electron chi connectivity index (χ4n) is 1.95. The number of hydrogen-bond acceptors (Lipinski definition) is 5. The van der Waals surface area contributed by atoms with E-state index in [1.165, 1.54) is 0 Å². The van der Waals surface area contributed by atoms with Crippen LogP contribution >= 0.6 is 0 Å². The zero-order valence-electron chi connectivity index (χ0n) is 10.9. The summed E-state index contributed by atoms with van der Waals surface area (Å²) in [4.78, 5) is 4.36. The first-order valence-electron chi connectivity index (χ1n) is 6.14. The van der Waals surface area contributed by atoms with Crippen LogP contribution in [0.25, 0.3) is 5.65 Å². The molecule has 0 radical (unpaired) electrons. The monoisotopic (exact) mass is 257 g/mol. The first kappa shape index (κ1) is 11.9. The molecule has 0 saturated heterocycles. The Balaban J connectivity index is 1.64. The van der Waals surface area contributed by atoms with Gasteiger partial charge in [0, 0.05) is 36.6 Å². The van der Waals surface area contributed by atoms with Crippen molar-refractivity contribution in [1.29, 1.82) is 0 Å². The molecule has 3 aromatic rings. The van der Waals surface area contributed by atoms with E-state index in [4.69, 9.17) is 4.52 Å². The van der Waals surface area contributed by atoms with E-state index in [9.17, 15) is 0 Å². The van der Waals surface area contributed by atoms with E-state index in [0.717, 1.165) is 28.4 Å². The minimum absolute atomic E-state index is 0.650.